The number of hydrogen-bond donors (Lipinski definition) is 0. The fourth-order valence-corrected chi connectivity index (χ4v) is 6.24. The molecule has 4 heteroatoms. The van der Waals surface area contributed by atoms with Gasteiger partial charge in [0.15, 0.2) is 0 Å². The Labute approximate surface area is 292 Å². The highest BCUT2D eigenvalue weighted by Gasteiger charge is 2.18. The minimum absolute atomic E-state index is 0.205. The highest BCUT2D eigenvalue weighted by atomic mass is 32.1. The summed E-state index contributed by atoms with van der Waals surface area (Å²) in [5, 5.41) is 2.29. The first kappa shape index (κ1) is 42.0. The molecule has 0 saturated carbocycles. The van der Waals surface area contributed by atoms with Crippen LogP contribution >= 0.6 is 22.7 Å². The minimum Gasteiger partial charge on any atom is -0.469 e. The van der Waals surface area contributed by atoms with Crippen LogP contribution in [0, 0.1) is 0 Å². The molecule has 0 aliphatic rings. The second-order valence-corrected chi connectivity index (χ2v) is 18.5. The van der Waals surface area contributed by atoms with Crippen molar-refractivity contribution in [2.45, 2.75) is 171 Å². The van der Waals surface area contributed by atoms with Gasteiger partial charge in [-0.1, -0.05) is 125 Å². The van der Waals surface area contributed by atoms with Crippen molar-refractivity contribution in [2.24, 2.45) is 0 Å². The fraction of sp³-hybridized carbons (Fsp3) is 0.619. The van der Waals surface area contributed by atoms with Crippen LogP contribution in [0.15, 0.2) is 56.9 Å². The van der Waals surface area contributed by atoms with Gasteiger partial charge in [-0.15, -0.1) is 22.7 Å². The first-order chi connectivity index (χ1) is 21.0. The first-order valence-corrected chi connectivity index (χ1v) is 19.1. The molecule has 0 amide bonds. The van der Waals surface area contributed by atoms with Gasteiger partial charge in [0.1, 0.15) is 17.3 Å². The van der Waals surface area contributed by atoms with E-state index in [-0.39, 0.29) is 5.41 Å². The molecule has 0 N–H and O–H groups in total. The fourth-order valence-electron chi connectivity index (χ4n) is 4.08. The first-order valence-electron chi connectivity index (χ1n) is 17.4. The topological polar surface area (TPSA) is 26.3 Å². The van der Waals surface area contributed by atoms with Crippen molar-refractivity contribution < 1.29 is 8.83 Å². The summed E-state index contributed by atoms with van der Waals surface area (Å²) in [6, 6.07) is 13.1. The molecule has 0 bridgehead atoms. The lowest BCUT2D eigenvalue weighted by molar-refractivity contribution is 0.432. The molecule has 4 rings (SSSR count). The van der Waals surface area contributed by atoms with Crippen molar-refractivity contribution in [3.63, 3.8) is 0 Å². The van der Waals surface area contributed by atoms with Crippen molar-refractivity contribution in [3.05, 3.63) is 91.1 Å². The molecular weight excluding hydrogens is 601 g/mol. The molecule has 0 saturated heterocycles. The summed E-state index contributed by atoms with van der Waals surface area (Å²) < 4.78 is 11.1. The van der Waals surface area contributed by atoms with Gasteiger partial charge in [-0.2, -0.15) is 0 Å². The SMILES string of the molecule is CC(C)c1cc(C(C)(C)C)co1.CC(C)c1cc(C(C)(C)C)cs1.CC(C)c1ccc(C(C)C)o1.CC(C)c1ccc(C(C)C)s1. The second kappa shape index (κ2) is 18.5. The molecule has 260 valence electrons. The third-order valence-corrected chi connectivity index (χ3v) is 10.6. The van der Waals surface area contributed by atoms with Gasteiger partial charge in [-0.25, -0.2) is 0 Å². The van der Waals surface area contributed by atoms with E-state index in [2.05, 4.69) is 166 Å². The molecule has 0 aromatic carbocycles. The summed E-state index contributed by atoms with van der Waals surface area (Å²) in [7, 11) is 0. The van der Waals surface area contributed by atoms with Gasteiger partial charge in [0.2, 0.25) is 0 Å². The lowest BCUT2D eigenvalue weighted by Crippen LogP contribution is -2.09. The molecule has 0 spiro atoms. The Bertz CT molecular complexity index is 1220. The van der Waals surface area contributed by atoms with E-state index in [1.54, 1.807) is 0 Å². The Kier molecular flexibility index (Phi) is 16.9. The standard InChI is InChI=1S/C11H18O.C11H18S.C10H16O.C10H16S/c2*1-8(2)10-6-9(7-12-10)11(3,4)5;2*1-7(2)9-5-6-10(11-9)8(3)4/h2*6-8H,1-5H3;2*5-8H,1-4H3. The highest BCUT2D eigenvalue weighted by Crippen LogP contribution is 2.31. The predicted molar refractivity (Wildman–Crippen MR) is 208 cm³/mol. The molecule has 0 aliphatic heterocycles. The Morgan fingerprint density at radius 3 is 1.11 bits per heavy atom. The van der Waals surface area contributed by atoms with Crippen LogP contribution in [0.5, 0.6) is 0 Å². The lowest BCUT2D eigenvalue weighted by Gasteiger charge is -2.15. The number of hydrogen-bond acceptors (Lipinski definition) is 4. The summed E-state index contributed by atoms with van der Waals surface area (Å²) >= 11 is 3.83. The summed E-state index contributed by atoms with van der Waals surface area (Å²) in [6.45, 7) is 39.7. The molecule has 0 radical (unpaired) electrons. The maximum atomic E-state index is 5.61. The quantitative estimate of drug-likeness (QED) is 0.204. The Morgan fingerprint density at radius 1 is 0.478 bits per heavy atom. The van der Waals surface area contributed by atoms with E-state index in [1.165, 1.54) is 25.8 Å². The zero-order valence-corrected chi connectivity index (χ0v) is 34.3. The van der Waals surface area contributed by atoms with E-state index in [4.69, 9.17) is 8.83 Å². The van der Waals surface area contributed by atoms with Gasteiger partial charge < -0.3 is 8.83 Å². The van der Waals surface area contributed by atoms with E-state index in [0.29, 0.717) is 40.9 Å². The van der Waals surface area contributed by atoms with E-state index in [0.717, 1.165) is 17.3 Å². The minimum atomic E-state index is 0.205. The summed E-state index contributed by atoms with van der Waals surface area (Å²) in [4.78, 5) is 4.52. The van der Waals surface area contributed by atoms with E-state index in [9.17, 15) is 0 Å². The largest absolute Gasteiger partial charge is 0.469 e. The van der Waals surface area contributed by atoms with E-state index in [1.807, 2.05) is 28.9 Å². The maximum absolute atomic E-state index is 5.61. The predicted octanol–water partition coefficient (Wildman–Crippen LogP) is 15.4. The van der Waals surface area contributed by atoms with Crippen LogP contribution < -0.4 is 0 Å². The third-order valence-electron chi connectivity index (χ3n) is 7.68. The average molecular weight is 669 g/mol. The zero-order chi connectivity index (χ0) is 35.6. The van der Waals surface area contributed by atoms with Crippen LogP contribution in [0.1, 0.15) is 203 Å². The van der Waals surface area contributed by atoms with Gasteiger partial charge >= 0.3 is 0 Å². The number of thiophene rings is 2. The van der Waals surface area contributed by atoms with Crippen LogP contribution in [-0.4, -0.2) is 0 Å². The lowest BCUT2D eigenvalue weighted by atomic mass is 9.89. The molecule has 0 fully saturated rings. The Hall–Kier alpha value is -2.04. The normalized spacial score (nSPS) is 12.0. The van der Waals surface area contributed by atoms with Gasteiger partial charge in [0, 0.05) is 32.4 Å². The highest BCUT2D eigenvalue weighted by molar-refractivity contribution is 7.12. The van der Waals surface area contributed by atoms with E-state index >= 15 is 0 Å². The molecule has 46 heavy (non-hydrogen) atoms. The van der Waals surface area contributed by atoms with Crippen molar-refractivity contribution in [3.8, 4) is 0 Å². The van der Waals surface area contributed by atoms with Crippen molar-refractivity contribution in [1.82, 2.24) is 0 Å². The number of rotatable bonds is 6. The second-order valence-electron chi connectivity index (χ2n) is 16.4. The van der Waals surface area contributed by atoms with Gasteiger partial charge in [-0.05, 0) is 81.5 Å². The monoisotopic (exact) mass is 668 g/mol. The molecule has 4 aromatic rings. The molecule has 0 aliphatic carbocycles. The van der Waals surface area contributed by atoms with Crippen LogP contribution in [0.2, 0.25) is 0 Å². The molecular formula is C42H68O2S2. The van der Waals surface area contributed by atoms with Gasteiger partial charge in [0.25, 0.3) is 0 Å². The molecule has 0 unspecified atom stereocenters. The van der Waals surface area contributed by atoms with Crippen molar-refractivity contribution in [1.29, 1.82) is 0 Å². The molecule has 2 nitrogen and oxygen atoms in total. The summed E-state index contributed by atoms with van der Waals surface area (Å²) in [5.41, 5.74) is 3.27. The van der Waals surface area contributed by atoms with E-state index < -0.39 is 0 Å². The molecule has 4 aromatic heterocycles. The summed E-state index contributed by atoms with van der Waals surface area (Å²) in [5.74, 6) is 6.81. The average Bonchev–Trinajstić information content (AvgIpc) is 3.75. The van der Waals surface area contributed by atoms with Gasteiger partial charge in [0.05, 0.1) is 6.26 Å². The molecule has 4 heterocycles. The van der Waals surface area contributed by atoms with Crippen LogP contribution in [0.4, 0.5) is 0 Å². The number of furan rings is 2. The third kappa shape index (κ3) is 14.4. The molecule has 0 atom stereocenters. The van der Waals surface area contributed by atoms with Gasteiger partial charge in [-0.3, -0.25) is 0 Å². The maximum Gasteiger partial charge on any atom is 0.106 e. The van der Waals surface area contributed by atoms with Crippen LogP contribution in [0.25, 0.3) is 0 Å². The smallest absolute Gasteiger partial charge is 0.106 e. The Morgan fingerprint density at radius 2 is 0.891 bits per heavy atom. The van der Waals surface area contributed by atoms with Crippen LogP contribution in [-0.2, 0) is 10.8 Å². The summed E-state index contributed by atoms with van der Waals surface area (Å²) in [6.07, 6.45) is 1.87. The van der Waals surface area contributed by atoms with Crippen LogP contribution in [0.3, 0.4) is 0 Å². The van der Waals surface area contributed by atoms with Crippen molar-refractivity contribution >= 4 is 22.7 Å². The van der Waals surface area contributed by atoms with Crippen molar-refractivity contribution in [2.75, 3.05) is 0 Å². The Balaban J connectivity index is 0.000000307. The zero-order valence-electron chi connectivity index (χ0n) is 32.7.